The molecule has 1 N–H and O–H groups in total. The molecule has 0 aliphatic heterocycles. The fourth-order valence-corrected chi connectivity index (χ4v) is 2.83. The van der Waals surface area contributed by atoms with Crippen LogP contribution in [0.3, 0.4) is 0 Å². The van der Waals surface area contributed by atoms with E-state index in [2.05, 4.69) is 10.5 Å². The maximum Gasteiger partial charge on any atom is 0.278 e. The van der Waals surface area contributed by atoms with Gasteiger partial charge in [0.15, 0.2) is 5.69 Å². The van der Waals surface area contributed by atoms with Crippen LogP contribution in [-0.4, -0.2) is 11.1 Å². The quantitative estimate of drug-likeness (QED) is 0.588. The first-order valence-electron chi connectivity index (χ1n) is 8.27. The number of benzene rings is 2. The van der Waals surface area contributed by atoms with E-state index in [9.17, 15) is 4.79 Å². The predicted octanol–water partition coefficient (Wildman–Crippen LogP) is 5.74. The van der Waals surface area contributed by atoms with Crippen LogP contribution in [0.15, 0.2) is 40.9 Å². The summed E-state index contributed by atoms with van der Waals surface area (Å²) in [6.45, 7) is 5.92. The zero-order chi connectivity index (χ0) is 19.6. The van der Waals surface area contributed by atoms with Crippen molar-refractivity contribution in [1.29, 1.82) is 0 Å². The molecule has 0 aliphatic carbocycles. The Balaban J connectivity index is 1.78. The summed E-state index contributed by atoms with van der Waals surface area (Å²) in [7, 11) is 0. The Morgan fingerprint density at radius 1 is 1.15 bits per heavy atom. The van der Waals surface area contributed by atoms with Crippen molar-refractivity contribution < 1.29 is 14.1 Å². The van der Waals surface area contributed by atoms with Crippen molar-refractivity contribution >= 4 is 34.8 Å². The number of amides is 1. The highest BCUT2D eigenvalue weighted by Gasteiger charge is 2.21. The monoisotopic (exact) mass is 404 g/mol. The number of halogens is 2. The molecule has 1 amide bonds. The summed E-state index contributed by atoms with van der Waals surface area (Å²) in [6, 6.07) is 10.7. The van der Waals surface area contributed by atoms with Crippen molar-refractivity contribution in [2.45, 2.75) is 27.4 Å². The number of nitrogens with one attached hydrogen (secondary N) is 1. The topological polar surface area (TPSA) is 64.4 Å². The van der Waals surface area contributed by atoms with Gasteiger partial charge >= 0.3 is 0 Å². The summed E-state index contributed by atoms with van der Waals surface area (Å²) < 4.78 is 11.1. The lowest BCUT2D eigenvalue weighted by molar-refractivity contribution is 0.101. The van der Waals surface area contributed by atoms with Crippen molar-refractivity contribution in [3.63, 3.8) is 0 Å². The number of anilines is 1. The number of carbonyl (C=O) groups is 1. The standard InChI is InChI=1S/C20H18Cl2N2O3/c1-11-5-4-6-18(12(11)2)26-10-15-13(3)27-24-19(15)20(25)23-14-7-8-16(21)17(22)9-14/h4-9H,10H2,1-3H3,(H,23,25). The Bertz CT molecular complexity index is 999. The average Bonchev–Trinajstić information content (AvgIpc) is 3.00. The molecular weight excluding hydrogens is 387 g/mol. The third-order valence-corrected chi connectivity index (χ3v) is 5.04. The van der Waals surface area contributed by atoms with Crippen LogP contribution in [0.25, 0.3) is 0 Å². The number of hydrogen-bond acceptors (Lipinski definition) is 4. The SMILES string of the molecule is Cc1cccc(OCc2c(C(=O)Nc3ccc(Cl)c(Cl)c3)noc2C)c1C. The largest absolute Gasteiger partial charge is 0.488 e. The van der Waals surface area contributed by atoms with Crippen molar-refractivity contribution in [3.05, 3.63) is 74.6 Å². The zero-order valence-corrected chi connectivity index (χ0v) is 16.6. The minimum absolute atomic E-state index is 0.170. The van der Waals surface area contributed by atoms with E-state index in [1.807, 2.05) is 32.0 Å². The summed E-state index contributed by atoms with van der Waals surface area (Å²) >= 11 is 11.9. The molecule has 7 heteroatoms. The molecule has 5 nitrogen and oxygen atoms in total. The summed E-state index contributed by atoms with van der Waals surface area (Å²) in [5.74, 6) is 0.871. The molecule has 0 radical (unpaired) electrons. The van der Waals surface area contributed by atoms with E-state index in [4.69, 9.17) is 32.5 Å². The van der Waals surface area contributed by atoms with E-state index in [1.54, 1.807) is 25.1 Å². The Kier molecular flexibility index (Phi) is 5.73. The molecule has 0 saturated carbocycles. The Labute approximate surface area is 167 Å². The van der Waals surface area contributed by atoms with Gasteiger partial charge in [-0.25, -0.2) is 0 Å². The molecule has 27 heavy (non-hydrogen) atoms. The van der Waals surface area contributed by atoms with Crippen molar-refractivity contribution in [3.8, 4) is 5.75 Å². The highest BCUT2D eigenvalue weighted by molar-refractivity contribution is 6.42. The van der Waals surface area contributed by atoms with E-state index in [1.165, 1.54) is 0 Å². The van der Waals surface area contributed by atoms with E-state index in [0.717, 1.165) is 16.9 Å². The lowest BCUT2D eigenvalue weighted by Gasteiger charge is -2.11. The third-order valence-electron chi connectivity index (χ3n) is 4.30. The van der Waals surface area contributed by atoms with Gasteiger partial charge in [-0.05, 0) is 56.2 Å². The molecule has 3 rings (SSSR count). The highest BCUT2D eigenvalue weighted by Crippen LogP contribution is 2.26. The number of hydrogen-bond donors (Lipinski definition) is 1. The number of nitrogens with zero attached hydrogens (tertiary/aromatic N) is 1. The fourth-order valence-electron chi connectivity index (χ4n) is 2.53. The van der Waals surface area contributed by atoms with Gasteiger partial charge in [-0.3, -0.25) is 4.79 Å². The van der Waals surface area contributed by atoms with Crippen LogP contribution in [0.1, 0.15) is 32.9 Å². The molecule has 0 aliphatic rings. The van der Waals surface area contributed by atoms with Crippen molar-refractivity contribution in [1.82, 2.24) is 5.16 Å². The Hall–Kier alpha value is -2.50. The minimum atomic E-state index is -0.412. The summed E-state index contributed by atoms with van der Waals surface area (Å²) in [6.07, 6.45) is 0. The highest BCUT2D eigenvalue weighted by atomic mass is 35.5. The van der Waals surface area contributed by atoms with Gasteiger partial charge in [-0.15, -0.1) is 0 Å². The van der Waals surface area contributed by atoms with Gasteiger partial charge in [-0.1, -0.05) is 40.5 Å². The van der Waals surface area contributed by atoms with E-state index in [0.29, 0.717) is 27.1 Å². The zero-order valence-electron chi connectivity index (χ0n) is 15.1. The van der Waals surface area contributed by atoms with Gasteiger partial charge in [0.1, 0.15) is 18.1 Å². The smallest absolute Gasteiger partial charge is 0.278 e. The van der Waals surface area contributed by atoms with Gasteiger partial charge in [-0.2, -0.15) is 0 Å². The van der Waals surface area contributed by atoms with Crippen LogP contribution >= 0.6 is 23.2 Å². The van der Waals surface area contributed by atoms with Crippen LogP contribution in [0.5, 0.6) is 5.75 Å². The molecule has 0 spiro atoms. The van der Waals surface area contributed by atoms with Crippen LogP contribution in [0.2, 0.25) is 10.0 Å². The number of ether oxygens (including phenoxy) is 1. The molecule has 0 fully saturated rings. The van der Waals surface area contributed by atoms with Crippen molar-refractivity contribution in [2.75, 3.05) is 5.32 Å². The lowest BCUT2D eigenvalue weighted by atomic mass is 10.1. The third kappa shape index (κ3) is 4.26. The first kappa shape index (κ1) is 19.3. The lowest BCUT2D eigenvalue weighted by Crippen LogP contribution is -2.15. The number of carbonyl (C=O) groups excluding carboxylic acids is 1. The Morgan fingerprint density at radius 3 is 2.67 bits per heavy atom. The second-order valence-electron chi connectivity index (χ2n) is 6.14. The summed E-state index contributed by atoms with van der Waals surface area (Å²) in [5.41, 5.74) is 3.45. The fraction of sp³-hybridized carbons (Fsp3) is 0.200. The van der Waals surface area contributed by atoms with Crippen LogP contribution in [0, 0.1) is 20.8 Å². The van der Waals surface area contributed by atoms with Crippen molar-refractivity contribution in [2.24, 2.45) is 0 Å². The van der Waals surface area contributed by atoms with Crippen LogP contribution < -0.4 is 10.1 Å². The summed E-state index contributed by atoms with van der Waals surface area (Å²) in [5, 5.41) is 7.38. The Morgan fingerprint density at radius 2 is 1.93 bits per heavy atom. The second-order valence-corrected chi connectivity index (χ2v) is 6.95. The molecular formula is C20H18Cl2N2O3. The molecule has 0 atom stereocenters. The molecule has 1 aromatic heterocycles. The molecule has 2 aromatic carbocycles. The number of rotatable bonds is 5. The second kappa shape index (κ2) is 8.03. The van der Waals surface area contributed by atoms with E-state index in [-0.39, 0.29) is 12.3 Å². The molecule has 0 bridgehead atoms. The molecule has 140 valence electrons. The maximum atomic E-state index is 12.6. The average molecular weight is 405 g/mol. The van der Waals surface area contributed by atoms with Gasteiger partial charge < -0.3 is 14.6 Å². The van der Waals surface area contributed by atoms with E-state index >= 15 is 0 Å². The maximum absolute atomic E-state index is 12.6. The summed E-state index contributed by atoms with van der Waals surface area (Å²) in [4.78, 5) is 12.6. The van der Waals surface area contributed by atoms with Crippen LogP contribution in [0.4, 0.5) is 5.69 Å². The van der Waals surface area contributed by atoms with Crippen LogP contribution in [-0.2, 0) is 6.61 Å². The van der Waals surface area contributed by atoms with Gasteiger partial charge in [0.05, 0.1) is 15.6 Å². The molecule has 1 heterocycles. The van der Waals surface area contributed by atoms with Gasteiger partial charge in [0, 0.05) is 5.69 Å². The van der Waals surface area contributed by atoms with Gasteiger partial charge in [0.25, 0.3) is 5.91 Å². The minimum Gasteiger partial charge on any atom is -0.488 e. The first-order valence-corrected chi connectivity index (χ1v) is 9.03. The van der Waals surface area contributed by atoms with Gasteiger partial charge in [0.2, 0.25) is 0 Å². The normalized spacial score (nSPS) is 10.7. The molecule has 3 aromatic rings. The molecule has 0 unspecified atom stereocenters. The number of aromatic nitrogens is 1. The first-order chi connectivity index (χ1) is 12.9. The van der Waals surface area contributed by atoms with E-state index < -0.39 is 5.91 Å². The number of aryl methyl sites for hydroxylation is 2. The predicted molar refractivity (Wildman–Crippen MR) is 106 cm³/mol. The molecule has 0 saturated heterocycles.